The molecular formula is C14H20. The molecule has 0 bridgehead atoms. The summed E-state index contributed by atoms with van der Waals surface area (Å²) in [6.07, 6.45) is 12.2. The highest BCUT2D eigenvalue weighted by molar-refractivity contribution is 5.16. The average molecular weight is 188 g/mol. The van der Waals surface area contributed by atoms with E-state index in [0.717, 1.165) is 19.3 Å². The average Bonchev–Trinajstić information content (AvgIpc) is 2.12. The summed E-state index contributed by atoms with van der Waals surface area (Å²) in [5.41, 5.74) is 0.157. The van der Waals surface area contributed by atoms with Crippen LogP contribution in [-0.4, -0.2) is 0 Å². The van der Waals surface area contributed by atoms with Gasteiger partial charge >= 0.3 is 0 Å². The number of hydrogen-bond acceptors (Lipinski definition) is 0. The maximum absolute atomic E-state index is 3.83. The minimum absolute atomic E-state index is 0.157. The Hall–Kier alpha value is -0.960. The number of hydrogen-bond donors (Lipinski definition) is 0. The molecule has 1 rings (SSSR count). The van der Waals surface area contributed by atoms with Gasteiger partial charge in [-0.1, -0.05) is 30.9 Å². The van der Waals surface area contributed by atoms with E-state index >= 15 is 0 Å². The summed E-state index contributed by atoms with van der Waals surface area (Å²) in [6, 6.07) is 0. The summed E-state index contributed by atoms with van der Waals surface area (Å²) in [4.78, 5) is 0. The van der Waals surface area contributed by atoms with Crippen LogP contribution in [0.4, 0.5) is 0 Å². The van der Waals surface area contributed by atoms with Crippen molar-refractivity contribution >= 4 is 0 Å². The van der Waals surface area contributed by atoms with Gasteiger partial charge in [0, 0.05) is 11.8 Å². The van der Waals surface area contributed by atoms with Gasteiger partial charge in [-0.2, -0.15) is 0 Å². The number of allylic oxidation sites excluding steroid dienone is 2. The van der Waals surface area contributed by atoms with Crippen molar-refractivity contribution in [2.45, 2.75) is 44.9 Å². The first-order chi connectivity index (χ1) is 6.83. The second-order valence-corrected chi connectivity index (χ2v) is 4.13. The van der Waals surface area contributed by atoms with Crippen LogP contribution < -0.4 is 0 Å². The molecule has 0 saturated carbocycles. The molecule has 14 heavy (non-hydrogen) atoms. The second kappa shape index (κ2) is 5.70. The van der Waals surface area contributed by atoms with Crippen molar-refractivity contribution in [2.75, 3.05) is 0 Å². The summed E-state index contributed by atoms with van der Waals surface area (Å²) < 4.78 is 0. The lowest BCUT2D eigenvalue weighted by Crippen LogP contribution is -2.17. The highest BCUT2D eigenvalue weighted by Crippen LogP contribution is 2.34. The zero-order chi connectivity index (χ0) is 10.3. The molecule has 0 aromatic rings. The van der Waals surface area contributed by atoms with Gasteiger partial charge in [0.05, 0.1) is 0 Å². The third-order valence-corrected chi connectivity index (χ3v) is 2.88. The zero-order valence-corrected chi connectivity index (χ0v) is 9.02. The molecule has 0 aromatic carbocycles. The first-order valence-corrected chi connectivity index (χ1v) is 5.55. The molecule has 0 spiro atoms. The SMILES string of the molecule is C=CCC1(CC=C)C#CCCCCC1. The van der Waals surface area contributed by atoms with Gasteiger partial charge in [-0.15, -0.1) is 19.1 Å². The van der Waals surface area contributed by atoms with Crippen LogP contribution in [0.2, 0.25) is 0 Å². The quantitative estimate of drug-likeness (QED) is 0.460. The normalized spacial score (nSPS) is 19.7. The lowest BCUT2D eigenvalue weighted by molar-refractivity contribution is 0.355. The van der Waals surface area contributed by atoms with E-state index < -0.39 is 0 Å². The molecule has 0 heterocycles. The highest BCUT2D eigenvalue weighted by atomic mass is 14.3. The fraction of sp³-hybridized carbons (Fsp3) is 0.571. The van der Waals surface area contributed by atoms with Gasteiger partial charge in [0.15, 0.2) is 0 Å². The fourth-order valence-corrected chi connectivity index (χ4v) is 2.11. The monoisotopic (exact) mass is 188 g/mol. The van der Waals surface area contributed by atoms with Gasteiger partial charge in [0.2, 0.25) is 0 Å². The van der Waals surface area contributed by atoms with Crippen molar-refractivity contribution in [3.63, 3.8) is 0 Å². The summed E-state index contributed by atoms with van der Waals surface area (Å²) >= 11 is 0. The van der Waals surface area contributed by atoms with Crippen molar-refractivity contribution in [2.24, 2.45) is 5.41 Å². The predicted octanol–water partition coefficient (Wildman–Crippen LogP) is 4.09. The standard InChI is InChI=1S/C14H20/c1-3-10-14(11-4-2)12-8-6-5-7-9-13-14/h3-4H,1-2,5-8,10-12H2. The maximum Gasteiger partial charge on any atom is 0.0383 e. The molecule has 0 amide bonds. The van der Waals surface area contributed by atoms with Gasteiger partial charge in [0.25, 0.3) is 0 Å². The van der Waals surface area contributed by atoms with Crippen molar-refractivity contribution in [1.29, 1.82) is 0 Å². The van der Waals surface area contributed by atoms with Crippen LogP contribution in [0.25, 0.3) is 0 Å². The third kappa shape index (κ3) is 3.07. The van der Waals surface area contributed by atoms with Crippen LogP contribution in [0, 0.1) is 17.3 Å². The van der Waals surface area contributed by atoms with E-state index in [1.165, 1.54) is 25.7 Å². The first kappa shape index (κ1) is 11.1. The van der Waals surface area contributed by atoms with Gasteiger partial charge in [-0.3, -0.25) is 0 Å². The molecule has 0 aromatic heterocycles. The Labute approximate surface area is 88.1 Å². The lowest BCUT2D eigenvalue weighted by Gasteiger charge is -2.27. The maximum atomic E-state index is 3.83. The van der Waals surface area contributed by atoms with E-state index in [4.69, 9.17) is 0 Å². The first-order valence-electron chi connectivity index (χ1n) is 5.55. The molecule has 0 saturated heterocycles. The van der Waals surface area contributed by atoms with Gasteiger partial charge < -0.3 is 0 Å². The molecule has 0 nitrogen and oxygen atoms in total. The minimum Gasteiger partial charge on any atom is -0.103 e. The Balaban J connectivity index is 2.78. The van der Waals surface area contributed by atoms with Crippen molar-refractivity contribution in [3.8, 4) is 11.8 Å². The molecular weight excluding hydrogens is 168 g/mol. The zero-order valence-electron chi connectivity index (χ0n) is 9.02. The van der Waals surface area contributed by atoms with Gasteiger partial charge in [0.1, 0.15) is 0 Å². The summed E-state index contributed by atoms with van der Waals surface area (Å²) in [5, 5.41) is 0. The molecule has 0 N–H and O–H groups in total. The predicted molar refractivity (Wildman–Crippen MR) is 62.9 cm³/mol. The minimum atomic E-state index is 0.157. The van der Waals surface area contributed by atoms with E-state index in [1.807, 2.05) is 12.2 Å². The summed E-state index contributed by atoms with van der Waals surface area (Å²) in [7, 11) is 0. The molecule has 0 aliphatic heterocycles. The molecule has 1 aliphatic rings. The van der Waals surface area contributed by atoms with E-state index in [-0.39, 0.29) is 5.41 Å². The van der Waals surface area contributed by atoms with Crippen molar-refractivity contribution in [3.05, 3.63) is 25.3 Å². The van der Waals surface area contributed by atoms with Gasteiger partial charge in [-0.05, 0) is 25.7 Å². The molecule has 0 fully saturated rings. The van der Waals surface area contributed by atoms with E-state index in [9.17, 15) is 0 Å². The molecule has 0 atom stereocenters. The molecule has 0 radical (unpaired) electrons. The topological polar surface area (TPSA) is 0 Å². The Bertz CT molecular complexity index is 239. The smallest absolute Gasteiger partial charge is 0.0383 e. The Morgan fingerprint density at radius 1 is 1.07 bits per heavy atom. The Morgan fingerprint density at radius 2 is 1.79 bits per heavy atom. The van der Waals surface area contributed by atoms with E-state index in [0.29, 0.717) is 0 Å². The van der Waals surface area contributed by atoms with E-state index in [2.05, 4.69) is 25.0 Å². The van der Waals surface area contributed by atoms with Crippen molar-refractivity contribution < 1.29 is 0 Å². The van der Waals surface area contributed by atoms with Crippen LogP contribution in [0.3, 0.4) is 0 Å². The summed E-state index contributed by atoms with van der Waals surface area (Å²) in [6.45, 7) is 7.67. The van der Waals surface area contributed by atoms with Gasteiger partial charge in [-0.25, -0.2) is 0 Å². The van der Waals surface area contributed by atoms with Crippen LogP contribution in [-0.2, 0) is 0 Å². The largest absolute Gasteiger partial charge is 0.103 e. The lowest BCUT2D eigenvalue weighted by atomic mass is 9.76. The fourth-order valence-electron chi connectivity index (χ4n) is 2.11. The van der Waals surface area contributed by atoms with Crippen LogP contribution in [0.5, 0.6) is 0 Å². The van der Waals surface area contributed by atoms with Crippen LogP contribution >= 0.6 is 0 Å². The summed E-state index contributed by atoms with van der Waals surface area (Å²) in [5.74, 6) is 6.75. The highest BCUT2D eigenvalue weighted by Gasteiger charge is 2.24. The van der Waals surface area contributed by atoms with Crippen LogP contribution in [0.15, 0.2) is 25.3 Å². The molecule has 1 aliphatic carbocycles. The number of rotatable bonds is 4. The van der Waals surface area contributed by atoms with E-state index in [1.54, 1.807) is 0 Å². The third-order valence-electron chi connectivity index (χ3n) is 2.88. The van der Waals surface area contributed by atoms with Crippen molar-refractivity contribution in [1.82, 2.24) is 0 Å². The molecule has 76 valence electrons. The molecule has 0 unspecified atom stereocenters. The Morgan fingerprint density at radius 3 is 2.43 bits per heavy atom. The van der Waals surface area contributed by atoms with Crippen LogP contribution in [0.1, 0.15) is 44.9 Å². The second-order valence-electron chi connectivity index (χ2n) is 4.13. The molecule has 0 heteroatoms. The Kier molecular flexibility index (Phi) is 4.53.